The van der Waals surface area contributed by atoms with Crippen molar-refractivity contribution in [1.29, 1.82) is 0 Å². The highest BCUT2D eigenvalue weighted by Gasteiger charge is 2.35. The van der Waals surface area contributed by atoms with Gasteiger partial charge in [-0.3, -0.25) is 4.79 Å². The molecule has 1 saturated carbocycles. The molecule has 41 heavy (non-hydrogen) atoms. The second kappa shape index (κ2) is 11.5. The Labute approximate surface area is 237 Å². The molecule has 1 aliphatic heterocycles. The highest BCUT2D eigenvalue weighted by Crippen LogP contribution is 2.36. The van der Waals surface area contributed by atoms with E-state index in [9.17, 15) is 31.1 Å². The van der Waals surface area contributed by atoms with Crippen LogP contribution in [0.15, 0.2) is 42.6 Å². The molecule has 6 nitrogen and oxygen atoms in total. The van der Waals surface area contributed by atoms with Crippen molar-refractivity contribution in [2.24, 2.45) is 5.92 Å². The molecular formula is C28H28ClF6N5O. The van der Waals surface area contributed by atoms with Crippen molar-refractivity contribution in [2.75, 3.05) is 23.3 Å². The number of piperidine rings is 1. The van der Waals surface area contributed by atoms with E-state index < -0.39 is 23.6 Å². The van der Waals surface area contributed by atoms with Gasteiger partial charge in [0.15, 0.2) is 0 Å². The van der Waals surface area contributed by atoms with Gasteiger partial charge in [0.05, 0.1) is 11.1 Å². The summed E-state index contributed by atoms with van der Waals surface area (Å²) in [5.74, 6) is 0.200. The first kappa shape index (κ1) is 29.2. The number of aromatic nitrogens is 2. The molecule has 13 heteroatoms. The predicted octanol–water partition coefficient (Wildman–Crippen LogP) is 7.08. The van der Waals surface area contributed by atoms with Gasteiger partial charge in [-0.15, -0.1) is 0 Å². The van der Waals surface area contributed by atoms with Gasteiger partial charge >= 0.3 is 12.4 Å². The van der Waals surface area contributed by atoms with Crippen LogP contribution in [0.3, 0.4) is 0 Å². The Bertz CT molecular complexity index is 1380. The van der Waals surface area contributed by atoms with Crippen LogP contribution in [0, 0.1) is 5.92 Å². The summed E-state index contributed by atoms with van der Waals surface area (Å²) >= 11 is 6.09. The van der Waals surface area contributed by atoms with E-state index in [0.717, 1.165) is 18.3 Å². The number of carbonyl (C=O) groups excluding carboxylic acids is 1. The summed E-state index contributed by atoms with van der Waals surface area (Å²) in [6.07, 6.45) is -4.42. The van der Waals surface area contributed by atoms with Gasteiger partial charge < -0.3 is 15.5 Å². The molecular weight excluding hydrogens is 572 g/mol. The molecule has 1 aliphatic carbocycles. The molecule has 2 aromatic heterocycles. The molecule has 0 radical (unpaired) electrons. The van der Waals surface area contributed by atoms with E-state index in [4.69, 9.17) is 11.6 Å². The molecule has 0 atom stereocenters. The maximum Gasteiger partial charge on any atom is 0.433 e. The van der Waals surface area contributed by atoms with Crippen molar-refractivity contribution in [1.82, 2.24) is 15.3 Å². The standard InChI is InChI=1S/C28H28ClF6N5O/c29-18-2-7-22-21(13-18)23(14-24(39-22)28(33,34)35)37-19-3-5-20(6-4-19)38-26(41)16-9-11-40(12-10-16)25-8-1-17(15-36-25)27(30,31)32/h1-2,7-8,13-16,19-20H,3-6,9-12H2,(H,37,39)(H,38,41). The van der Waals surface area contributed by atoms with Crippen molar-refractivity contribution >= 4 is 39.9 Å². The normalized spacial score (nSPS) is 20.7. The molecule has 2 N–H and O–H groups in total. The number of rotatable bonds is 5. The van der Waals surface area contributed by atoms with E-state index in [1.807, 2.05) is 4.90 Å². The average molecular weight is 600 g/mol. The summed E-state index contributed by atoms with van der Waals surface area (Å²) < 4.78 is 78.7. The lowest BCUT2D eigenvalue weighted by atomic mass is 9.89. The minimum absolute atomic E-state index is 0.0375. The first-order valence-corrected chi connectivity index (χ1v) is 13.8. The fraction of sp³-hybridized carbons (Fsp3) is 0.464. The molecule has 5 rings (SSSR count). The molecule has 1 saturated heterocycles. The van der Waals surface area contributed by atoms with Crippen molar-refractivity contribution in [3.05, 3.63) is 58.9 Å². The Morgan fingerprint density at radius 1 is 0.878 bits per heavy atom. The van der Waals surface area contributed by atoms with Crippen molar-refractivity contribution in [2.45, 2.75) is 63.0 Å². The number of benzene rings is 1. The summed E-state index contributed by atoms with van der Waals surface area (Å²) in [6.45, 7) is 1.02. The molecule has 0 unspecified atom stereocenters. The number of anilines is 2. The van der Waals surface area contributed by atoms with Crippen molar-refractivity contribution in [3.8, 4) is 0 Å². The summed E-state index contributed by atoms with van der Waals surface area (Å²) in [4.78, 5) is 22.5. The second-order valence-corrected chi connectivity index (χ2v) is 11.0. The molecule has 2 aliphatic rings. The molecule has 0 bridgehead atoms. The number of hydrogen-bond acceptors (Lipinski definition) is 5. The zero-order valence-electron chi connectivity index (χ0n) is 21.8. The minimum atomic E-state index is -4.59. The number of carbonyl (C=O) groups is 1. The summed E-state index contributed by atoms with van der Waals surface area (Å²) in [7, 11) is 0. The highest BCUT2D eigenvalue weighted by molar-refractivity contribution is 6.31. The molecule has 220 valence electrons. The number of hydrogen-bond donors (Lipinski definition) is 2. The van der Waals surface area contributed by atoms with Crippen LogP contribution in [0.5, 0.6) is 0 Å². The summed E-state index contributed by atoms with van der Waals surface area (Å²) in [6, 6.07) is 7.82. The van der Waals surface area contributed by atoms with Crippen LogP contribution >= 0.6 is 11.6 Å². The van der Waals surface area contributed by atoms with Gasteiger partial charge in [0.1, 0.15) is 11.5 Å². The number of pyridine rings is 2. The molecule has 1 aromatic carbocycles. The number of alkyl halides is 6. The highest BCUT2D eigenvalue weighted by atomic mass is 35.5. The predicted molar refractivity (Wildman–Crippen MR) is 144 cm³/mol. The fourth-order valence-corrected chi connectivity index (χ4v) is 5.67. The van der Waals surface area contributed by atoms with E-state index in [0.29, 0.717) is 73.5 Å². The van der Waals surface area contributed by atoms with Crippen LogP contribution < -0.4 is 15.5 Å². The molecule has 2 fully saturated rings. The largest absolute Gasteiger partial charge is 0.433 e. The van der Waals surface area contributed by atoms with Gasteiger partial charge in [-0.2, -0.15) is 26.3 Å². The molecule has 0 spiro atoms. The van der Waals surface area contributed by atoms with Crippen LogP contribution in [-0.4, -0.2) is 41.0 Å². The van der Waals surface area contributed by atoms with Gasteiger partial charge in [0.2, 0.25) is 5.91 Å². The molecule has 3 aromatic rings. The maximum absolute atomic E-state index is 13.4. The van der Waals surface area contributed by atoms with Crippen molar-refractivity contribution in [3.63, 3.8) is 0 Å². The Morgan fingerprint density at radius 3 is 2.17 bits per heavy atom. The van der Waals surface area contributed by atoms with Crippen LogP contribution in [0.4, 0.5) is 37.8 Å². The Morgan fingerprint density at radius 2 is 1.56 bits per heavy atom. The summed E-state index contributed by atoms with van der Waals surface area (Å²) in [5.41, 5.74) is -1.25. The van der Waals surface area contributed by atoms with E-state index in [1.54, 1.807) is 6.07 Å². The van der Waals surface area contributed by atoms with Crippen LogP contribution in [-0.2, 0) is 17.1 Å². The quantitative estimate of drug-likeness (QED) is 0.307. The Hall–Kier alpha value is -3.28. The van der Waals surface area contributed by atoms with E-state index in [-0.39, 0.29) is 29.4 Å². The number of amides is 1. The van der Waals surface area contributed by atoms with Gasteiger partial charge in [-0.05, 0) is 74.9 Å². The van der Waals surface area contributed by atoms with Crippen LogP contribution in [0.1, 0.15) is 49.8 Å². The number of nitrogens with one attached hydrogen (secondary N) is 2. The number of fused-ring (bicyclic) bond motifs is 1. The lowest BCUT2D eigenvalue weighted by molar-refractivity contribution is -0.141. The van der Waals surface area contributed by atoms with E-state index in [1.165, 1.54) is 18.2 Å². The SMILES string of the molecule is O=C(NC1CCC(Nc2cc(C(F)(F)F)nc3ccc(Cl)cc23)CC1)C1CCN(c2ccc(C(F)(F)F)cn2)CC1. The molecule has 1 amide bonds. The van der Waals surface area contributed by atoms with Gasteiger partial charge in [0.25, 0.3) is 0 Å². The average Bonchev–Trinajstić information content (AvgIpc) is 2.93. The molecule has 3 heterocycles. The van der Waals surface area contributed by atoms with Crippen LogP contribution in [0.2, 0.25) is 5.02 Å². The van der Waals surface area contributed by atoms with Gasteiger partial charge in [-0.25, -0.2) is 9.97 Å². The third kappa shape index (κ3) is 6.97. The topological polar surface area (TPSA) is 70.2 Å². The maximum atomic E-state index is 13.4. The summed E-state index contributed by atoms with van der Waals surface area (Å²) in [5, 5.41) is 7.27. The Balaban J connectivity index is 1.12. The minimum Gasteiger partial charge on any atom is -0.382 e. The van der Waals surface area contributed by atoms with Crippen LogP contribution in [0.25, 0.3) is 10.9 Å². The Kier molecular flexibility index (Phi) is 8.22. The van der Waals surface area contributed by atoms with E-state index >= 15 is 0 Å². The van der Waals surface area contributed by atoms with Gasteiger partial charge in [-0.1, -0.05) is 11.6 Å². The smallest absolute Gasteiger partial charge is 0.382 e. The number of halogens is 7. The lowest BCUT2D eigenvalue weighted by Gasteiger charge is -2.34. The third-order valence-corrected chi connectivity index (χ3v) is 7.99. The lowest BCUT2D eigenvalue weighted by Crippen LogP contribution is -2.46. The fourth-order valence-electron chi connectivity index (χ4n) is 5.50. The van der Waals surface area contributed by atoms with E-state index in [2.05, 4.69) is 20.6 Å². The zero-order valence-corrected chi connectivity index (χ0v) is 22.6. The van der Waals surface area contributed by atoms with Crippen molar-refractivity contribution < 1.29 is 31.1 Å². The first-order valence-electron chi connectivity index (χ1n) is 13.4. The third-order valence-electron chi connectivity index (χ3n) is 7.76. The second-order valence-electron chi connectivity index (χ2n) is 10.6. The van der Waals surface area contributed by atoms with Gasteiger partial charge in [0, 0.05) is 53.4 Å². The first-order chi connectivity index (χ1) is 19.4. The number of nitrogens with zero attached hydrogens (tertiary/aromatic N) is 3. The zero-order chi connectivity index (χ0) is 29.4. The monoisotopic (exact) mass is 599 g/mol.